The Morgan fingerprint density at radius 3 is 1.65 bits per heavy atom. The molecule has 0 aliphatic heterocycles. The maximum atomic E-state index is 10.8. The average molecular weight is 238 g/mol. The van der Waals surface area contributed by atoms with Crippen molar-refractivity contribution in [1.82, 2.24) is 0 Å². The van der Waals surface area contributed by atoms with Crippen LogP contribution in [0, 0.1) is 5.92 Å². The van der Waals surface area contributed by atoms with Crippen molar-refractivity contribution in [2.45, 2.75) is 90.4 Å². The highest BCUT2D eigenvalue weighted by atomic mass is 16.1. The largest absolute Gasteiger partial charge is 0.299 e. The van der Waals surface area contributed by atoms with E-state index >= 15 is 0 Å². The van der Waals surface area contributed by atoms with Gasteiger partial charge in [-0.05, 0) is 6.42 Å². The van der Waals surface area contributed by atoms with Gasteiger partial charge in [0.1, 0.15) is 5.78 Å². The fourth-order valence-electron chi connectivity index (χ4n) is 2.50. The molecular weight excluding hydrogens is 208 g/mol. The SMILES string of the molecule is CCCCCCCCCCCCCC1CC1=O. The normalized spacial score (nSPS) is 18.6. The van der Waals surface area contributed by atoms with Crippen LogP contribution in [0.25, 0.3) is 0 Å². The Morgan fingerprint density at radius 2 is 1.24 bits per heavy atom. The topological polar surface area (TPSA) is 17.1 Å². The summed E-state index contributed by atoms with van der Waals surface area (Å²) in [7, 11) is 0. The van der Waals surface area contributed by atoms with E-state index in [1.807, 2.05) is 0 Å². The summed E-state index contributed by atoms with van der Waals surface area (Å²) in [5, 5.41) is 0. The van der Waals surface area contributed by atoms with Gasteiger partial charge in [0.05, 0.1) is 0 Å². The van der Waals surface area contributed by atoms with Crippen LogP contribution >= 0.6 is 0 Å². The summed E-state index contributed by atoms with van der Waals surface area (Å²) in [6.45, 7) is 2.27. The van der Waals surface area contributed by atoms with Crippen molar-refractivity contribution in [1.29, 1.82) is 0 Å². The number of ketones is 1. The lowest BCUT2D eigenvalue weighted by Gasteiger charge is -2.02. The van der Waals surface area contributed by atoms with Gasteiger partial charge >= 0.3 is 0 Å². The van der Waals surface area contributed by atoms with Crippen molar-refractivity contribution in [3.05, 3.63) is 0 Å². The Bertz CT molecular complexity index is 198. The Morgan fingerprint density at radius 1 is 0.824 bits per heavy atom. The molecule has 1 unspecified atom stereocenters. The molecule has 100 valence electrons. The highest BCUT2D eigenvalue weighted by Gasteiger charge is 2.33. The molecular formula is C16H30O. The minimum Gasteiger partial charge on any atom is -0.299 e. The van der Waals surface area contributed by atoms with Gasteiger partial charge < -0.3 is 0 Å². The van der Waals surface area contributed by atoms with Gasteiger partial charge in [-0.3, -0.25) is 4.79 Å². The van der Waals surface area contributed by atoms with Crippen molar-refractivity contribution in [2.24, 2.45) is 5.92 Å². The molecule has 1 fully saturated rings. The minimum absolute atomic E-state index is 0.480. The fraction of sp³-hybridized carbons (Fsp3) is 0.938. The highest BCUT2D eigenvalue weighted by molar-refractivity contribution is 5.95. The smallest absolute Gasteiger partial charge is 0.137 e. The second kappa shape index (κ2) is 9.67. The quantitative estimate of drug-likeness (QED) is 0.423. The minimum atomic E-state index is 0.480. The molecule has 0 aromatic heterocycles. The zero-order valence-corrected chi connectivity index (χ0v) is 11.7. The number of unbranched alkanes of at least 4 members (excludes halogenated alkanes) is 10. The van der Waals surface area contributed by atoms with Gasteiger partial charge in [0.15, 0.2) is 0 Å². The lowest BCUT2D eigenvalue weighted by Crippen LogP contribution is -1.84. The summed E-state index contributed by atoms with van der Waals surface area (Å²) in [5.74, 6) is 0.991. The maximum Gasteiger partial charge on any atom is 0.137 e. The van der Waals surface area contributed by atoms with Crippen LogP contribution in [0.3, 0.4) is 0 Å². The first-order valence-electron chi connectivity index (χ1n) is 7.87. The summed E-state index contributed by atoms with van der Waals surface area (Å²) in [6, 6.07) is 0. The van der Waals surface area contributed by atoms with Crippen LogP contribution < -0.4 is 0 Å². The maximum absolute atomic E-state index is 10.8. The molecule has 0 aromatic carbocycles. The van der Waals surface area contributed by atoms with Crippen LogP contribution in [-0.4, -0.2) is 5.78 Å². The summed E-state index contributed by atoms with van der Waals surface area (Å²) >= 11 is 0. The van der Waals surface area contributed by atoms with E-state index in [1.165, 1.54) is 77.0 Å². The number of hydrogen-bond acceptors (Lipinski definition) is 1. The van der Waals surface area contributed by atoms with Gasteiger partial charge in [-0.1, -0.05) is 77.6 Å². The molecule has 0 amide bonds. The first-order chi connectivity index (χ1) is 8.34. The van der Waals surface area contributed by atoms with E-state index < -0.39 is 0 Å². The molecule has 0 radical (unpaired) electrons. The lowest BCUT2D eigenvalue weighted by molar-refractivity contribution is -0.111. The van der Waals surface area contributed by atoms with Crippen LogP contribution in [0.2, 0.25) is 0 Å². The van der Waals surface area contributed by atoms with Crippen LogP contribution in [0.15, 0.2) is 0 Å². The number of Topliss-reactive ketones (excluding diaryl/α,β-unsaturated/α-hetero) is 1. The molecule has 0 bridgehead atoms. The molecule has 1 heteroatoms. The monoisotopic (exact) mass is 238 g/mol. The van der Waals surface area contributed by atoms with E-state index in [2.05, 4.69) is 6.92 Å². The van der Waals surface area contributed by atoms with E-state index in [1.54, 1.807) is 0 Å². The predicted octanol–water partition coefficient (Wildman–Crippen LogP) is 5.28. The molecule has 0 aromatic rings. The Balaban J connectivity index is 1.65. The van der Waals surface area contributed by atoms with E-state index in [0.29, 0.717) is 11.7 Å². The number of rotatable bonds is 12. The van der Waals surface area contributed by atoms with Crippen LogP contribution in [0.5, 0.6) is 0 Å². The van der Waals surface area contributed by atoms with Crippen molar-refractivity contribution in [3.63, 3.8) is 0 Å². The third-order valence-corrected chi connectivity index (χ3v) is 3.90. The standard InChI is InChI=1S/C16H30O/c1-2-3-4-5-6-7-8-9-10-11-12-13-15-14-16(15)17/h15H,2-14H2,1H3. The molecule has 0 heterocycles. The average Bonchev–Trinajstić information content (AvgIpc) is 3.02. The van der Waals surface area contributed by atoms with Gasteiger partial charge in [0, 0.05) is 12.3 Å². The molecule has 0 saturated heterocycles. The van der Waals surface area contributed by atoms with Crippen molar-refractivity contribution < 1.29 is 4.79 Å². The highest BCUT2D eigenvalue weighted by Crippen LogP contribution is 2.29. The summed E-state index contributed by atoms with van der Waals surface area (Å²) < 4.78 is 0. The van der Waals surface area contributed by atoms with E-state index in [4.69, 9.17) is 0 Å². The summed E-state index contributed by atoms with van der Waals surface area (Å²) in [5.41, 5.74) is 0. The summed E-state index contributed by atoms with van der Waals surface area (Å²) in [4.78, 5) is 10.8. The van der Waals surface area contributed by atoms with E-state index in [0.717, 1.165) is 6.42 Å². The van der Waals surface area contributed by atoms with Crippen LogP contribution in [0.4, 0.5) is 0 Å². The Hall–Kier alpha value is -0.330. The Labute approximate surface area is 107 Å². The van der Waals surface area contributed by atoms with Gasteiger partial charge in [0.25, 0.3) is 0 Å². The van der Waals surface area contributed by atoms with Gasteiger partial charge in [-0.2, -0.15) is 0 Å². The van der Waals surface area contributed by atoms with Crippen LogP contribution in [0.1, 0.15) is 90.4 Å². The molecule has 1 nitrogen and oxygen atoms in total. The van der Waals surface area contributed by atoms with Crippen molar-refractivity contribution in [3.8, 4) is 0 Å². The van der Waals surface area contributed by atoms with Crippen LogP contribution in [-0.2, 0) is 4.79 Å². The third-order valence-electron chi connectivity index (χ3n) is 3.90. The lowest BCUT2D eigenvalue weighted by atomic mass is 10.0. The second-order valence-electron chi connectivity index (χ2n) is 5.69. The zero-order valence-electron chi connectivity index (χ0n) is 11.7. The Kier molecular flexibility index (Phi) is 8.38. The molecule has 1 atom stereocenters. The number of carbonyl (C=O) groups is 1. The first kappa shape index (κ1) is 14.7. The van der Waals surface area contributed by atoms with Gasteiger partial charge in [0.2, 0.25) is 0 Å². The molecule has 0 spiro atoms. The molecule has 0 N–H and O–H groups in total. The first-order valence-corrected chi connectivity index (χ1v) is 7.87. The van der Waals surface area contributed by atoms with Crippen molar-refractivity contribution >= 4 is 5.78 Å². The van der Waals surface area contributed by atoms with Gasteiger partial charge in [-0.15, -0.1) is 0 Å². The molecule has 1 aliphatic carbocycles. The molecule has 17 heavy (non-hydrogen) atoms. The summed E-state index contributed by atoms with van der Waals surface area (Å²) in [6.07, 6.45) is 17.4. The third kappa shape index (κ3) is 8.40. The molecule has 1 rings (SSSR count). The van der Waals surface area contributed by atoms with E-state index in [9.17, 15) is 4.79 Å². The van der Waals surface area contributed by atoms with Crippen molar-refractivity contribution in [2.75, 3.05) is 0 Å². The fourth-order valence-corrected chi connectivity index (χ4v) is 2.50. The number of hydrogen-bond donors (Lipinski definition) is 0. The zero-order chi connectivity index (χ0) is 12.3. The second-order valence-corrected chi connectivity index (χ2v) is 5.69. The van der Waals surface area contributed by atoms with E-state index in [-0.39, 0.29) is 0 Å². The number of carbonyl (C=O) groups excluding carboxylic acids is 1. The molecule has 1 aliphatic rings. The predicted molar refractivity (Wildman–Crippen MR) is 74.2 cm³/mol. The molecule has 1 saturated carbocycles. The van der Waals surface area contributed by atoms with Gasteiger partial charge in [-0.25, -0.2) is 0 Å².